The molecule has 1 aliphatic carbocycles. The molecule has 1 aliphatic heterocycles. The normalized spacial score (nSPS) is 25.5. The van der Waals surface area contributed by atoms with Gasteiger partial charge in [-0.05, 0) is 25.7 Å². The van der Waals surface area contributed by atoms with Crippen LogP contribution in [-0.4, -0.2) is 47.4 Å². The quantitative estimate of drug-likeness (QED) is 0.712. The van der Waals surface area contributed by atoms with Crippen LogP contribution in [0.1, 0.15) is 39.0 Å². The Hall–Kier alpha value is -1.59. The molecule has 21 heavy (non-hydrogen) atoms. The maximum atomic E-state index is 12.1. The fourth-order valence-corrected chi connectivity index (χ4v) is 2.87. The van der Waals surface area contributed by atoms with E-state index >= 15 is 0 Å². The third-order valence-corrected chi connectivity index (χ3v) is 4.43. The third-order valence-electron chi connectivity index (χ3n) is 4.43. The molecule has 118 valence electrons. The maximum Gasteiger partial charge on any atom is 0.307 e. The van der Waals surface area contributed by atoms with Gasteiger partial charge in [0.05, 0.1) is 11.8 Å². The van der Waals surface area contributed by atoms with Crippen LogP contribution in [-0.2, 0) is 14.4 Å². The van der Waals surface area contributed by atoms with Gasteiger partial charge in [0.25, 0.3) is 0 Å². The lowest BCUT2D eigenvalue weighted by molar-refractivity contribution is -0.142. The molecule has 2 amide bonds. The first-order valence-electron chi connectivity index (χ1n) is 7.84. The van der Waals surface area contributed by atoms with Crippen molar-refractivity contribution < 1.29 is 19.5 Å². The zero-order chi connectivity index (χ0) is 15.4. The minimum Gasteiger partial charge on any atom is -0.481 e. The monoisotopic (exact) mass is 296 g/mol. The lowest BCUT2D eigenvalue weighted by Crippen LogP contribution is -2.44. The molecule has 6 nitrogen and oxygen atoms in total. The van der Waals surface area contributed by atoms with Crippen LogP contribution in [0.25, 0.3) is 0 Å². The highest BCUT2D eigenvalue weighted by molar-refractivity contribution is 5.89. The van der Waals surface area contributed by atoms with Crippen molar-refractivity contribution in [3.05, 3.63) is 0 Å². The number of likely N-dealkylation sites (tertiary alicyclic amines) is 1. The van der Waals surface area contributed by atoms with E-state index in [1.807, 2.05) is 0 Å². The summed E-state index contributed by atoms with van der Waals surface area (Å²) in [5, 5.41) is 11.8. The van der Waals surface area contributed by atoms with Gasteiger partial charge in [0.1, 0.15) is 0 Å². The molecule has 2 aliphatic rings. The van der Waals surface area contributed by atoms with Gasteiger partial charge in [-0.3, -0.25) is 14.4 Å². The third kappa shape index (κ3) is 3.95. The zero-order valence-corrected chi connectivity index (χ0v) is 12.5. The first-order chi connectivity index (χ1) is 10.0. The maximum absolute atomic E-state index is 12.1. The standard InChI is InChI=1S/C15H24N2O4/c1-2-3-6-16-13(18)10-4-7-17(8-5-10)14(19)11-9-12(11)15(20)21/h10-12H,2-9H2,1H3,(H,16,18)(H,20,21). The Bertz CT molecular complexity index is 416. The molecule has 1 saturated heterocycles. The molecule has 2 unspecified atom stereocenters. The summed E-state index contributed by atoms with van der Waals surface area (Å²) in [6, 6.07) is 0. The highest BCUT2D eigenvalue weighted by Gasteiger charge is 2.50. The van der Waals surface area contributed by atoms with E-state index in [1.54, 1.807) is 4.90 Å². The van der Waals surface area contributed by atoms with Gasteiger partial charge < -0.3 is 15.3 Å². The number of carboxylic acids is 1. The van der Waals surface area contributed by atoms with Crippen molar-refractivity contribution in [2.24, 2.45) is 17.8 Å². The van der Waals surface area contributed by atoms with E-state index in [-0.39, 0.29) is 23.7 Å². The highest BCUT2D eigenvalue weighted by atomic mass is 16.4. The number of piperidine rings is 1. The average molecular weight is 296 g/mol. The van der Waals surface area contributed by atoms with E-state index in [2.05, 4.69) is 12.2 Å². The molecule has 0 aromatic heterocycles. The number of hydrogen-bond acceptors (Lipinski definition) is 3. The second-order valence-electron chi connectivity index (χ2n) is 6.03. The van der Waals surface area contributed by atoms with Crippen molar-refractivity contribution in [2.45, 2.75) is 39.0 Å². The minimum absolute atomic E-state index is 0.0135. The number of aliphatic carboxylic acids is 1. The summed E-state index contributed by atoms with van der Waals surface area (Å²) >= 11 is 0. The lowest BCUT2D eigenvalue weighted by atomic mass is 9.95. The average Bonchev–Trinajstić information content (AvgIpc) is 3.27. The van der Waals surface area contributed by atoms with Crippen LogP contribution in [0.3, 0.4) is 0 Å². The summed E-state index contributed by atoms with van der Waals surface area (Å²) in [6.45, 7) is 3.93. The topological polar surface area (TPSA) is 86.7 Å². The second-order valence-corrected chi connectivity index (χ2v) is 6.03. The number of unbranched alkanes of at least 4 members (excludes halogenated alkanes) is 1. The van der Waals surface area contributed by atoms with Crippen molar-refractivity contribution in [1.82, 2.24) is 10.2 Å². The highest BCUT2D eigenvalue weighted by Crippen LogP contribution is 2.40. The van der Waals surface area contributed by atoms with Crippen molar-refractivity contribution >= 4 is 17.8 Å². The van der Waals surface area contributed by atoms with E-state index in [9.17, 15) is 14.4 Å². The Morgan fingerprint density at radius 3 is 2.38 bits per heavy atom. The largest absolute Gasteiger partial charge is 0.481 e. The number of rotatable bonds is 6. The molecule has 0 bridgehead atoms. The van der Waals surface area contributed by atoms with Gasteiger partial charge in [0, 0.05) is 25.6 Å². The van der Waals surface area contributed by atoms with Crippen LogP contribution in [0.15, 0.2) is 0 Å². The second kappa shape index (κ2) is 6.91. The summed E-state index contributed by atoms with van der Waals surface area (Å²) in [5.41, 5.74) is 0. The number of carboxylic acid groups (broad SMARTS) is 1. The number of amides is 2. The SMILES string of the molecule is CCCCNC(=O)C1CCN(C(=O)C2CC2C(=O)O)CC1. The van der Waals surface area contributed by atoms with Crippen molar-refractivity contribution in [2.75, 3.05) is 19.6 Å². The van der Waals surface area contributed by atoms with Crippen LogP contribution in [0, 0.1) is 17.8 Å². The van der Waals surface area contributed by atoms with E-state index in [0.717, 1.165) is 19.4 Å². The molecule has 0 aromatic rings. The van der Waals surface area contributed by atoms with E-state index in [1.165, 1.54) is 0 Å². The molecule has 2 N–H and O–H groups in total. The number of hydrogen-bond donors (Lipinski definition) is 2. The van der Waals surface area contributed by atoms with E-state index in [0.29, 0.717) is 32.4 Å². The summed E-state index contributed by atoms with van der Waals surface area (Å²) in [4.78, 5) is 36.6. The molecule has 1 heterocycles. The van der Waals surface area contributed by atoms with Gasteiger partial charge in [0.15, 0.2) is 0 Å². The smallest absolute Gasteiger partial charge is 0.307 e. The van der Waals surface area contributed by atoms with Gasteiger partial charge in [-0.15, -0.1) is 0 Å². The molecule has 2 atom stereocenters. The molecular weight excluding hydrogens is 272 g/mol. The Morgan fingerprint density at radius 1 is 1.19 bits per heavy atom. The molecule has 0 spiro atoms. The molecule has 0 aromatic carbocycles. The first-order valence-corrected chi connectivity index (χ1v) is 7.84. The summed E-state index contributed by atoms with van der Waals surface area (Å²) < 4.78 is 0. The van der Waals surface area contributed by atoms with E-state index < -0.39 is 11.9 Å². The molecular formula is C15H24N2O4. The van der Waals surface area contributed by atoms with Crippen molar-refractivity contribution in [1.29, 1.82) is 0 Å². The summed E-state index contributed by atoms with van der Waals surface area (Å²) in [6.07, 6.45) is 3.86. The number of nitrogens with zero attached hydrogens (tertiary/aromatic N) is 1. The summed E-state index contributed by atoms with van der Waals surface area (Å²) in [7, 11) is 0. The predicted octanol–water partition coefficient (Wildman–Crippen LogP) is 0.862. The Balaban J connectivity index is 1.72. The van der Waals surface area contributed by atoms with Crippen molar-refractivity contribution in [3.63, 3.8) is 0 Å². The van der Waals surface area contributed by atoms with Crippen LogP contribution in [0.5, 0.6) is 0 Å². The zero-order valence-electron chi connectivity index (χ0n) is 12.5. The molecule has 1 saturated carbocycles. The Morgan fingerprint density at radius 2 is 1.86 bits per heavy atom. The van der Waals surface area contributed by atoms with Crippen LogP contribution in [0.2, 0.25) is 0 Å². The minimum atomic E-state index is -0.876. The molecule has 0 radical (unpaired) electrons. The van der Waals surface area contributed by atoms with E-state index in [4.69, 9.17) is 5.11 Å². The fraction of sp³-hybridized carbons (Fsp3) is 0.800. The fourth-order valence-electron chi connectivity index (χ4n) is 2.87. The Kier molecular flexibility index (Phi) is 5.20. The molecule has 6 heteroatoms. The van der Waals surface area contributed by atoms with Crippen LogP contribution in [0.4, 0.5) is 0 Å². The summed E-state index contributed by atoms with van der Waals surface area (Å²) in [5.74, 6) is -1.68. The number of carbonyl (C=O) groups is 3. The van der Waals surface area contributed by atoms with Gasteiger partial charge in [-0.1, -0.05) is 13.3 Å². The van der Waals surface area contributed by atoms with Gasteiger partial charge in [-0.2, -0.15) is 0 Å². The predicted molar refractivity (Wildman–Crippen MR) is 76.5 cm³/mol. The molecule has 2 rings (SSSR count). The first kappa shape index (κ1) is 15.8. The molecule has 2 fully saturated rings. The van der Waals surface area contributed by atoms with Gasteiger partial charge in [-0.25, -0.2) is 0 Å². The van der Waals surface area contributed by atoms with Gasteiger partial charge >= 0.3 is 5.97 Å². The van der Waals surface area contributed by atoms with Crippen LogP contribution >= 0.6 is 0 Å². The number of nitrogens with one attached hydrogen (secondary N) is 1. The van der Waals surface area contributed by atoms with Crippen molar-refractivity contribution in [3.8, 4) is 0 Å². The van der Waals surface area contributed by atoms with Gasteiger partial charge in [0.2, 0.25) is 11.8 Å². The lowest BCUT2D eigenvalue weighted by Gasteiger charge is -2.31. The number of carbonyl (C=O) groups excluding carboxylic acids is 2. The van der Waals surface area contributed by atoms with Crippen LogP contribution < -0.4 is 5.32 Å². The Labute approximate surface area is 124 Å².